The van der Waals surface area contributed by atoms with Crippen molar-refractivity contribution in [3.63, 3.8) is 0 Å². The maximum Gasteiger partial charge on any atom is 0.338 e. The molecule has 0 amide bonds. The number of carbonyl (C=O) groups is 1. The minimum Gasteiger partial charge on any atom is -0.465 e. The van der Waals surface area contributed by atoms with Gasteiger partial charge in [0.15, 0.2) is 0 Å². The van der Waals surface area contributed by atoms with Gasteiger partial charge in [-0.1, -0.05) is 0 Å². The third-order valence-electron chi connectivity index (χ3n) is 3.67. The van der Waals surface area contributed by atoms with Gasteiger partial charge in [-0.3, -0.25) is 4.79 Å². The van der Waals surface area contributed by atoms with Crippen LogP contribution >= 0.6 is 11.3 Å². The molecule has 0 radical (unpaired) electrons. The van der Waals surface area contributed by atoms with E-state index in [1.807, 2.05) is 13.8 Å². The molecule has 2 aromatic heterocycles. The molecule has 0 unspecified atom stereocenters. The Morgan fingerprint density at radius 3 is 2.61 bits per heavy atom. The second-order valence-corrected chi connectivity index (χ2v) is 6.48. The van der Waals surface area contributed by atoms with Crippen LogP contribution in [0.4, 0.5) is 0 Å². The molecule has 0 N–H and O–H groups in total. The van der Waals surface area contributed by atoms with Gasteiger partial charge < -0.3 is 9.15 Å². The number of rotatable bonds is 2. The van der Waals surface area contributed by atoms with Crippen molar-refractivity contribution >= 4 is 28.3 Å². The molecule has 0 aliphatic rings. The van der Waals surface area contributed by atoms with E-state index in [4.69, 9.17) is 9.15 Å². The summed E-state index contributed by atoms with van der Waals surface area (Å²) in [6.07, 6.45) is 1.43. The van der Waals surface area contributed by atoms with Crippen molar-refractivity contribution in [3.8, 4) is 10.4 Å². The highest BCUT2D eigenvalue weighted by Gasteiger charge is 2.17. The predicted octanol–water partition coefficient (Wildman–Crippen LogP) is 3.63. The van der Waals surface area contributed by atoms with E-state index in [1.165, 1.54) is 24.7 Å². The van der Waals surface area contributed by atoms with E-state index in [0.717, 1.165) is 15.6 Å². The third-order valence-corrected chi connectivity index (χ3v) is 4.78. The number of fused-ring (bicyclic) bond motifs is 1. The smallest absolute Gasteiger partial charge is 0.338 e. The molecule has 0 saturated carbocycles. The molecule has 0 bridgehead atoms. The minimum atomic E-state index is -0.454. The lowest BCUT2D eigenvalue weighted by atomic mass is 10.0. The first kappa shape index (κ1) is 15.4. The average Bonchev–Trinajstić information content (AvgIpc) is 2.85. The molecule has 3 rings (SSSR count). The number of benzene rings is 1. The normalized spacial score (nSPS) is 11.0. The molecule has 3 aromatic rings. The number of carbonyl (C=O) groups excluding carboxylic acids is 1. The molecule has 0 atom stereocenters. The predicted molar refractivity (Wildman–Crippen MR) is 89.1 cm³/mol. The van der Waals surface area contributed by atoms with Gasteiger partial charge >= 0.3 is 5.97 Å². The Labute approximate surface area is 136 Å². The van der Waals surface area contributed by atoms with Crippen LogP contribution in [-0.2, 0) is 4.74 Å². The van der Waals surface area contributed by atoms with Crippen molar-refractivity contribution in [3.05, 3.63) is 50.4 Å². The first-order chi connectivity index (χ1) is 10.9. The summed E-state index contributed by atoms with van der Waals surface area (Å²) in [6, 6.07) is 3.21. The number of nitrogens with zero attached hydrogens (tertiary/aromatic N) is 1. The van der Waals surface area contributed by atoms with Crippen molar-refractivity contribution in [2.24, 2.45) is 0 Å². The van der Waals surface area contributed by atoms with E-state index in [2.05, 4.69) is 4.98 Å². The van der Waals surface area contributed by atoms with Gasteiger partial charge in [0, 0.05) is 0 Å². The second kappa shape index (κ2) is 5.62. The molecule has 0 spiro atoms. The molecule has 6 heteroatoms. The highest BCUT2D eigenvalue weighted by molar-refractivity contribution is 7.15. The molecule has 0 aliphatic heterocycles. The summed E-state index contributed by atoms with van der Waals surface area (Å²) in [7, 11) is 1.32. The Balaban J connectivity index is 2.26. The monoisotopic (exact) mass is 329 g/mol. The summed E-state index contributed by atoms with van der Waals surface area (Å²) in [4.78, 5) is 29.7. The van der Waals surface area contributed by atoms with Crippen molar-refractivity contribution in [2.45, 2.75) is 20.8 Å². The topological polar surface area (TPSA) is 69.4 Å². The van der Waals surface area contributed by atoms with Crippen molar-refractivity contribution in [1.82, 2.24) is 4.98 Å². The lowest BCUT2D eigenvalue weighted by Crippen LogP contribution is -2.08. The van der Waals surface area contributed by atoms with Crippen LogP contribution in [0, 0.1) is 20.8 Å². The molecule has 0 fully saturated rings. The zero-order valence-corrected chi connectivity index (χ0v) is 14.0. The third kappa shape index (κ3) is 2.55. The molecule has 0 saturated heterocycles. The van der Waals surface area contributed by atoms with E-state index in [-0.39, 0.29) is 5.43 Å². The number of esters is 1. The average molecular weight is 329 g/mol. The van der Waals surface area contributed by atoms with Crippen LogP contribution in [0.3, 0.4) is 0 Å². The number of aryl methyl sites for hydroxylation is 3. The van der Waals surface area contributed by atoms with Crippen LogP contribution in [0.15, 0.2) is 27.6 Å². The van der Waals surface area contributed by atoms with Gasteiger partial charge in [0.25, 0.3) is 0 Å². The van der Waals surface area contributed by atoms with Crippen molar-refractivity contribution < 1.29 is 13.9 Å². The summed E-state index contributed by atoms with van der Waals surface area (Å²) in [5.74, 6) is -0.454. The number of thiazole rings is 1. The Hall–Kier alpha value is -2.47. The molecule has 5 nitrogen and oxygen atoms in total. The molecular formula is C17H15NO4S. The standard InChI is InChI=1S/C17H15NO4S/c1-8-5-12-14(6-11(8)17(20)21-4)22-7-13(15(12)19)16-9(2)18-10(3)23-16/h5-7H,1-4H3. The van der Waals surface area contributed by atoms with Crippen LogP contribution in [0.25, 0.3) is 21.4 Å². The highest BCUT2D eigenvalue weighted by atomic mass is 32.1. The van der Waals surface area contributed by atoms with E-state index in [9.17, 15) is 9.59 Å². The highest BCUT2D eigenvalue weighted by Crippen LogP contribution is 2.29. The number of hydrogen-bond acceptors (Lipinski definition) is 6. The number of aromatic nitrogens is 1. The Kier molecular flexibility index (Phi) is 3.77. The SMILES string of the molecule is COC(=O)c1cc2occ(-c3sc(C)nc3C)c(=O)c2cc1C. The van der Waals surface area contributed by atoms with Crippen LogP contribution in [0.5, 0.6) is 0 Å². The van der Waals surface area contributed by atoms with Gasteiger partial charge in [0.2, 0.25) is 5.43 Å². The number of methoxy groups -OCH3 is 1. The fraction of sp³-hybridized carbons (Fsp3) is 0.235. The number of hydrogen-bond donors (Lipinski definition) is 0. The summed E-state index contributed by atoms with van der Waals surface area (Å²) < 4.78 is 10.3. The Morgan fingerprint density at radius 2 is 2.00 bits per heavy atom. The molecule has 0 aliphatic carbocycles. The Bertz CT molecular complexity index is 984. The molecular weight excluding hydrogens is 314 g/mol. The zero-order valence-electron chi connectivity index (χ0n) is 13.2. The lowest BCUT2D eigenvalue weighted by molar-refractivity contribution is 0.0600. The summed E-state index contributed by atoms with van der Waals surface area (Å²) in [6.45, 7) is 5.53. The first-order valence-corrected chi connectivity index (χ1v) is 7.83. The molecule has 118 valence electrons. The zero-order chi connectivity index (χ0) is 16.7. The van der Waals surface area contributed by atoms with Crippen molar-refractivity contribution in [2.75, 3.05) is 7.11 Å². The van der Waals surface area contributed by atoms with Crippen LogP contribution in [0.2, 0.25) is 0 Å². The summed E-state index contributed by atoms with van der Waals surface area (Å²) in [5.41, 5.74) is 2.60. The van der Waals surface area contributed by atoms with Gasteiger partial charge in [0.1, 0.15) is 11.8 Å². The summed E-state index contributed by atoms with van der Waals surface area (Å²) in [5, 5.41) is 1.34. The van der Waals surface area contributed by atoms with Gasteiger partial charge in [0.05, 0.1) is 39.2 Å². The van der Waals surface area contributed by atoms with Crippen molar-refractivity contribution in [1.29, 1.82) is 0 Å². The number of ether oxygens (including phenoxy) is 1. The van der Waals surface area contributed by atoms with Gasteiger partial charge in [-0.2, -0.15) is 0 Å². The summed E-state index contributed by atoms with van der Waals surface area (Å²) >= 11 is 1.46. The fourth-order valence-corrected chi connectivity index (χ4v) is 3.47. The van der Waals surface area contributed by atoms with Crippen LogP contribution in [-0.4, -0.2) is 18.1 Å². The first-order valence-electron chi connectivity index (χ1n) is 7.01. The van der Waals surface area contributed by atoms with E-state index in [0.29, 0.717) is 27.7 Å². The molecule has 1 aromatic carbocycles. The minimum absolute atomic E-state index is 0.127. The maximum absolute atomic E-state index is 12.8. The fourth-order valence-electron chi connectivity index (χ4n) is 2.55. The Morgan fingerprint density at radius 1 is 1.26 bits per heavy atom. The van der Waals surface area contributed by atoms with E-state index < -0.39 is 5.97 Å². The second-order valence-electron chi connectivity index (χ2n) is 5.28. The van der Waals surface area contributed by atoms with E-state index in [1.54, 1.807) is 19.1 Å². The maximum atomic E-state index is 12.8. The molecule has 23 heavy (non-hydrogen) atoms. The van der Waals surface area contributed by atoms with Crippen LogP contribution in [0.1, 0.15) is 26.6 Å². The van der Waals surface area contributed by atoms with Gasteiger partial charge in [-0.05, 0) is 38.5 Å². The van der Waals surface area contributed by atoms with Gasteiger partial charge in [-0.15, -0.1) is 11.3 Å². The quantitative estimate of drug-likeness (QED) is 0.672. The van der Waals surface area contributed by atoms with E-state index >= 15 is 0 Å². The molecule has 2 heterocycles. The van der Waals surface area contributed by atoms with Gasteiger partial charge in [-0.25, -0.2) is 9.78 Å². The van der Waals surface area contributed by atoms with Crippen LogP contribution < -0.4 is 5.43 Å². The lowest BCUT2D eigenvalue weighted by Gasteiger charge is -2.06. The largest absolute Gasteiger partial charge is 0.465 e.